The number of anilines is 1. The van der Waals surface area contributed by atoms with Crippen LogP contribution in [-0.4, -0.2) is 39.7 Å². The fraction of sp³-hybridized carbons (Fsp3) is 0.227. The molecule has 3 rings (SSSR count). The van der Waals surface area contributed by atoms with Gasteiger partial charge in [0, 0.05) is 0 Å². The van der Waals surface area contributed by atoms with Gasteiger partial charge in [-0.25, -0.2) is 4.79 Å². The number of phenols is 1. The van der Waals surface area contributed by atoms with Crippen molar-refractivity contribution in [1.82, 2.24) is 10.3 Å². The lowest BCUT2D eigenvalue weighted by Gasteiger charge is -2.19. The predicted molar refractivity (Wildman–Crippen MR) is 113 cm³/mol. The van der Waals surface area contributed by atoms with Crippen LogP contribution >= 0.6 is 0 Å². The lowest BCUT2D eigenvalue weighted by molar-refractivity contribution is 0.0696. The molecule has 0 aliphatic heterocycles. The van der Waals surface area contributed by atoms with E-state index in [4.69, 9.17) is 10.5 Å². The Hall–Kier alpha value is -3.81. The number of aromatic nitrogens is 1. The molecule has 0 saturated heterocycles. The molecule has 2 aromatic carbocycles. The van der Waals surface area contributed by atoms with Crippen molar-refractivity contribution in [2.24, 2.45) is 0 Å². The maximum atomic E-state index is 12.4. The van der Waals surface area contributed by atoms with Crippen LogP contribution in [0.1, 0.15) is 39.8 Å². The Kier molecular flexibility index (Phi) is 6.06. The summed E-state index contributed by atoms with van der Waals surface area (Å²) >= 11 is 0. The number of fused-ring (bicyclic) bond motifs is 1. The molecule has 8 heteroatoms. The number of carbonyl (C=O) groups excluding carboxylic acids is 1. The summed E-state index contributed by atoms with van der Waals surface area (Å²) in [6, 6.07) is 11.1. The standard InChI is InChI=1S/C22H23N3O5/c1-3-13(25-21(27)14-7-4-5-9-16(14)26)11-30-17-10-6-8-15-19(17)20(23)18(22(28)29)12(2)24-15/h4-10,13,26H,3,11H2,1-2H3,(H2,23,24)(H,25,27)(H,28,29). The van der Waals surface area contributed by atoms with Crippen LogP contribution in [0, 0.1) is 6.92 Å². The minimum Gasteiger partial charge on any atom is -0.507 e. The van der Waals surface area contributed by atoms with Crippen LogP contribution < -0.4 is 15.8 Å². The fourth-order valence-electron chi connectivity index (χ4n) is 3.21. The van der Waals surface area contributed by atoms with Crippen molar-refractivity contribution in [2.45, 2.75) is 26.3 Å². The van der Waals surface area contributed by atoms with Gasteiger partial charge in [0.15, 0.2) is 0 Å². The minimum atomic E-state index is -1.16. The molecule has 30 heavy (non-hydrogen) atoms. The van der Waals surface area contributed by atoms with Gasteiger partial charge in [-0.2, -0.15) is 0 Å². The van der Waals surface area contributed by atoms with Crippen molar-refractivity contribution >= 4 is 28.5 Å². The van der Waals surface area contributed by atoms with E-state index >= 15 is 0 Å². The second-order valence-corrected chi connectivity index (χ2v) is 6.85. The molecule has 1 heterocycles. The van der Waals surface area contributed by atoms with E-state index in [0.29, 0.717) is 28.8 Å². The molecule has 0 fully saturated rings. The Bertz CT molecular complexity index is 1110. The normalized spacial score (nSPS) is 11.8. The number of carboxylic acid groups (broad SMARTS) is 1. The van der Waals surface area contributed by atoms with Gasteiger partial charge < -0.3 is 26.0 Å². The van der Waals surface area contributed by atoms with E-state index in [1.54, 1.807) is 37.3 Å². The number of benzene rings is 2. The molecule has 0 saturated carbocycles. The summed E-state index contributed by atoms with van der Waals surface area (Å²) < 4.78 is 5.90. The van der Waals surface area contributed by atoms with Gasteiger partial charge in [-0.1, -0.05) is 25.1 Å². The number of carboxylic acids is 1. The van der Waals surface area contributed by atoms with Crippen molar-refractivity contribution in [3.8, 4) is 11.5 Å². The molecule has 1 amide bonds. The summed E-state index contributed by atoms with van der Waals surface area (Å²) in [5.74, 6) is -1.28. The number of para-hydroxylation sites is 1. The van der Waals surface area contributed by atoms with Crippen molar-refractivity contribution in [3.63, 3.8) is 0 Å². The molecule has 0 bridgehead atoms. The van der Waals surface area contributed by atoms with Crippen molar-refractivity contribution in [2.75, 3.05) is 12.3 Å². The number of aryl methyl sites for hydroxylation is 1. The predicted octanol–water partition coefficient (Wildman–Crippen LogP) is 3.12. The molecule has 5 N–H and O–H groups in total. The van der Waals surface area contributed by atoms with Crippen molar-refractivity contribution < 1.29 is 24.5 Å². The minimum absolute atomic E-state index is 0.0570. The number of carbonyl (C=O) groups is 2. The van der Waals surface area contributed by atoms with E-state index in [1.807, 2.05) is 6.92 Å². The number of aromatic carboxylic acids is 1. The first-order valence-electron chi connectivity index (χ1n) is 9.47. The van der Waals surface area contributed by atoms with Gasteiger partial charge >= 0.3 is 5.97 Å². The van der Waals surface area contributed by atoms with Crippen LogP contribution in [0.2, 0.25) is 0 Å². The van der Waals surface area contributed by atoms with E-state index in [-0.39, 0.29) is 35.2 Å². The smallest absolute Gasteiger partial charge is 0.339 e. The number of pyridine rings is 1. The average molecular weight is 409 g/mol. The maximum Gasteiger partial charge on any atom is 0.339 e. The summed E-state index contributed by atoms with van der Waals surface area (Å²) in [5, 5.41) is 22.6. The second kappa shape index (κ2) is 8.69. The van der Waals surface area contributed by atoms with E-state index in [0.717, 1.165) is 0 Å². The molecule has 3 aromatic rings. The van der Waals surface area contributed by atoms with Gasteiger partial charge in [0.1, 0.15) is 23.7 Å². The van der Waals surface area contributed by atoms with Crippen LogP contribution in [0.3, 0.4) is 0 Å². The molecule has 8 nitrogen and oxygen atoms in total. The number of nitrogens with two attached hydrogens (primary N) is 1. The molecular formula is C22H23N3O5. The van der Waals surface area contributed by atoms with Gasteiger partial charge in [0.05, 0.1) is 33.9 Å². The molecule has 156 valence electrons. The third-order valence-electron chi connectivity index (χ3n) is 4.82. The Balaban J connectivity index is 1.83. The van der Waals surface area contributed by atoms with Gasteiger partial charge in [-0.3, -0.25) is 9.78 Å². The van der Waals surface area contributed by atoms with Crippen LogP contribution in [-0.2, 0) is 0 Å². The summed E-state index contributed by atoms with van der Waals surface area (Å²) in [6.45, 7) is 3.61. The highest BCUT2D eigenvalue weighted by Gasteiger charge is 2.20. The number of nitrogens with one attached hydrogen (secondary N) is 1. The number of amides is 1. The molecule has 0 aliphatic carbocycles. The Morgan fingerprint density at radius 2 is 1.93 bits per heavy atom. The fourth-order valence-corrected chi connectivity index (χ4v) is 3.21. The second-order valence-electron chi connectivity index (χ2n) is 6.85. The van der Waals surface area contributed by atoms with Crippen LogP contribution in [0.4, 0.5) is 5.69 Å². The van der Waals surface area contributed by atoms with Crippen LogP contribution in [0.25, 0.3) is 10.9 Å². The van der Waals surface area contributed by atoms with Gasteiger partial charge in [-0.15, -0.1) is 0 Å². The van der Waals surface area contributed by atoms with Gasteiger partial charge in [0.25, 0.3) is 5.91 Å². The van der Waals surface area contributed by atoms with E-state index < -0.39 is 11.9 Å². The topological polar surface area (TPSA) is 135 Å². The highest BCUT2D eigenvalue weighted by Crippen LogP contribution is 2.33. The van der Waals surface area contributed by atoms with E-state index in [1.165, 1.54) is 12.1 Å². The van der Waals surface area contributed by atoms with Crippen molar-refractivity contribution in [3.05, 3.63) is 59.3 Å². The third-order valence-corrected chi connectivity index (χ3v) is 4.82. The largest absolute Gasteiger partial charge is 0.507 e. The molecule has 0 aliphatic rings. The first kappa shape index (κ1) is 20.9. The number of hydrogen-bond acceptors (Lipinski definition) is 6. The number of ether oxygens (including phenoxy) is 1. The highest BCUT2D eigenvalue weighted by atomic mass is 16.5. The molecule has 0 radical (unpaired) electrons. The summed E-state index contributed by atoms with van der Waals surface area (Å²) in [7, 11) is 0. The number of phenolic OH excluding ortho intramolecular Hbond substituents is 1. The Morgan fingerprint density at radius 1 is 1.20 bits per heavy atom. The first-order valence-corrected chi connectivity index (χ1v) is 9.47. The van der Waals surface area contributed by atoms with Crippen molar-refractivity contribution in [1.29, 1.82) is 0 Å². The zero-order chi connectivity index (χ0) is 21.8. The molecular weight excluding hydrogens is 386 g/mol. The first-order chi connectivity index (χ1) is 14.3. The molecule has 1 atom stereocenters. The lowest BCUT2D eigenvalue weighted by Crippen LogP contribution is -2.38. The number of hydrogen-bond donors (Lipinski definition) is 4. The number of aromatic hydroxyl groups is 1. The molecule has 1 aromatic heterocycles. The summed E-state index contributed by atoms with van der Waals surface area (Å²) in [6.07, 6.45) is 0.581. The monoisotopic (exact) mass is 409 g/mol. The van der Waals surface area contributed by atoms with E-state index in [2.05, 4.69) is 10.3 Å². The molecule has 1 unspecified atom stereocenters. The Morgan fingerprint density at radius 3 is 2.60 bits per heavy atom. The summed E-state index contributed by atoms with van der Waals surface area (Å²) in [5.41, 5.74) is 7.20. The quantitative estimate of drug-likeness (QED) is 0.471. The van der Waals surface area contributed by atoms with Gasteiger partial charge in [-0.05, 0) is 37.6 Å². The van der Waals surface area contributed by atoms with Crippen LogP contribution in [0.15, 0.2) is 42.5 Å². The SMILES string of the molecule is CCC(COc1cccc2nc(C)c(C(=O)O)c(N)c12)NC(=O)c1ccccc1O. The number of rotatable bonds is 7. The van der Waals surface area contributed by atoms with Gasteiger partial charge in [0.2, 0.25) is 0 Å². The van der Waals surface area contributed by atoms with E-state index in [9.17, 15) is 19.8 Å². The lowest BCUT2D eigenvalue weighted by atomic mass is 10.1. The average Bonchev–Trinajstić information content (AvgIpc) is 2.70. The maximum absolute atomic E-state index is 12.4. The highest BCUT2D eigenvalue weighted by molar-refractivity contribution is 6.06. The van der Waals surface area contributed by atoms with Crippen LogP contribution in [0.5, 0.6) is 11.5 Å². The Labute approximate surface area is 173 Å². The molecule has 0 spiro atoms. The number of nitrogen functional groups attached to an aromatic ring is 1. The summed E-state index contributed by atoms with van der Waals surface area (Å²) in [4.78, 5) is 28.3. The number of nitrogens with zero attached hydrogens (tertiary/aromatic N) is 1. The third kappa shape index (κ3) is 4.12. The zero-order valence-corrected chi connectivity index (χ0v) is 16.7. The zero-order valence-electron chi connectivity index (χ0n) is 16.7.